The Kier molecular flexibility index (Phi) is 6.73. The van der Waals surface area contributed by atoms with Crippen LogP contribution >= 0.6 is 0 Å². The normalized spacial score (nSPS) is 15.8. The molecule has 1 N–H and O–H groups in total. The van der Waals surface area contributed by atoms with E-state index in [4.69, 9.17) is 0 Å². The molecule has 184 valence electrons. The maximum Gasteiger partial charge on any atom is 0.266 e. The van der Waals surface area contributed by atoms with Crippen LogP contribution in [0.1, 0.15) is 43.1 Å². The molecule has 0 atom stereocenters. The van der Waals surface area contributed by atoms with Crippen LogP contribution < -0.4 is 15.1 Å². The Hall–Kier alpha value is -4.11. The van der Waals surface area contributed by atoms with E-state index < -0.39 is 5.91 Å². The summed E-state index contributed by atoms with van der Waals surface area (Å²) < 4.78 is 0. The first-order chi connectivity index (χ1) is 17.5. The highest BCUT2D eigenvalue weighted by Crippen LogP contribution is 2.31. The number of rotatable bonds is 7. The SMILES string of the molecule is Cc1ccccc1N1C(=O)c2ccc(C(=O)NCCCN3CCN(c4ncccn4)CC3)cc2C1=O. The molecule has 2 aliphatic heterocycles. The van der Waals surface area contributed by atoms with Gasteiger partial charge in [0.05, 0.1) is 16.8 Å². The summed E-state index contributed by atoms with van der Waals surface area (Å²) in [6, 6.07) is 13.8. The minimum absolute atomic E-state index is 0.251. The van der Waals surface area contributed by atoms with E-state index >= 15 is 0 Å². The van der Waals surface area contributed by atoms with Crippen molar-refractivity contribution in [2.24, 2.45) is 0 Å². The maximum absolute atomic E-state index is 13.0. The van der Waals surface area contributed by atoms with Crippen LogP contribution in [0.25, 0.3) is 0 Å². The van der Waals surface area contributed by atoms with Gasteiger partial charge in [-0.15, -0.1) is 0 Å². The van der Waals surface area contributed by atoms with E-state index in [0.717, 1.165) is 50.7 Å². The Morgan fingerprint density at radius 3 is 2.39 bits per heavy atom. The number of anilines is 2. The van der Waals surface area contributed by atoms with Crippen LogP contribution in [-0.2, 0) is 0 Å². The van der Waals surface area contributed by atoms with Crippen molar-refractivity contribution in [3.8, 4) is 0 Å². The molecule has 0 bridgehead atoms. The van der Waals surface area contributed by atoms with Gasteiger partial charge in [0, 0.05) is 50.7 Å². The third kappa shape index (κ3) is 4.70. The molecule has 0 radical (unpaired) electrons. The number of amides is 3. The van der Waals surface area contributed by atoms with Gasteiger partial charge in [0.2, 0.25) is 5.95 Å². The van der Waals surface area contributed by atoms with Crippen molar-refractivity contribution >= 4 is 29.4 Å². The lowest BCUT2D eigenvalue weighted by Crippen LogP contribution is -2.47. The lowest BCUT2D eigenvalue weighted by atomic mass is 10.1. The van der Waals surface area contributed by atoms with Crippen LogP contribution in [0.4, 0.5) is 11.6 Å². The highest BCUT2D eigenvalue weighted by molar-refractivity contribution is 6.35. The van der Waals surface area contributed by atoms with Gasteiger partial charge in [0.15, 0.2) is 0 Å². The predicted octanol–water partition coefficient (Wildman–Crippen LogP) is 2.53. The first-order valence-corrected chi connectivity index (χ1v) is 12.1. The fourth-order valence-corrected chi connectivity index (χ4v) is 4.65. The summed E-state index contributed by atoms with van der Waals surface area (Å²) in [6.07, 6.45) is 4.33. The van der Waals surface area contributed by atoms with E-state index in [0.29, 0.717) is 23.4 Å². The second-order valence-corrected chi connectivity index (χ2v) is 8.98. The van der Waals surface area contributed by atoms with E-state index in [-0.39, 0.29) is 17.4 Å². The van der Waals surface area contributed by atoms with Gasteiger partial charge in [0.25, 0.3) is 17.7 Å². The average Bonchev–Trinajstić information content (AvgIpc) is 3.16. The molecule has 2 aromatic carbocycles. The first kappa shape index (κ1) is 23.6. The smallest absolute Gasteiger partial charge is 0.266 e. The third-order valence-electron chi connectivity index (χ3n) is 6.65. The molecule has 0 aliphatic carbocycles. The minimum Gasteiger partial charge on any atom is -0.352 e. The highest BCUT2D eigenvalue weighted by atomic mass is 16.2. The van der Waals surface area contributed by atoms with Crippen LogP contribution in [0.15, 0.2) is 60.9 Å². The molecule has 3 amide bonds. The number of para-hydroxylation sites is 1. The maximum atomic E-state index is 13.0. The quantitative estimate of drug-likeness (QED) is 0.406. The summed E-state index contributed by atoms with van der Waals surface area (Å²) in [4.78, 5) is 53.0. The summed E-state index contributed by atoms with van der Waals surface area (Å²) in [6.45, 7) is 6.85. The van der Waals surface area contributed by atoms with Crippen molar-refractivity contribution < 1.29 is 14.4 Å². The third-order valence-corrected chi connectivity index (χ3v) is 6.65. The lowest BCUT2D eigenvalue weighted by Gasteiger charge is -2.34. The number of nitrogens with zero attached hydrogens (tertiary/aromatic N) is 5. The summed E-state index contributed by atoms with van der Waals surface area (Å²) in [7, 11) is 0. The topological polar surface area (TPSA) is 98.7 Å². The number of piperazine rings is 1. The molecule has 0 unspecified atom stereocenters. The van der Waals surface area contributed by atoms with Crippen LogP contribution in [-0.4, -0.2) is 71.9 Å². The van der Waals surface area contributed by atoms with E-state index in [1.165, 1.54) is 11.0 Å². The highest BCUT2D eigenvalue weighted by Gasteiger charge is 2.37. The van der Waals surface area contributed by atoms with Crippen LogP contribution in [0, 0.1) is 6.92 Å². The van der Waals surface area contributed by atoms with Gasteiger partial charge in [-0.25, -0.2) is 14.9 Å². The molecule has 1 saturated heterocycles. The van der Waals surface area contributed by atoms with Crippen LogP contribution in [0.5, 0.6) is 0 Å². The molecule has 36 heavy (non-hydrogen) atoms. The number of hydrogen-bond donors (Lipinski definition) is 1. The zero-order valence-electron chi connectivity index (χ0n) is 20.2. The average molecular weight is 485 g/mol. The van der Waals surface area contributed by atoms with Crippen molar-refractivity contribution in [3.63, 3.8) is 0 Å². The first-order valence-electron chi connectivity index (χ1n) is 12.1. The lowest BCUT2D eigenvalue weighted by molar-refractivity contribution is 0.0923. The fraction of sp³-hybridized carbons (Fsp3) is 0.296. The standard InChI is InChI=1S/C27H28N6O3/c1-19-6-2-3-7-23(19)33-25(35)21-9-8-20(18-22(21)26(33)36)24(34)28-12-5-13-31-14-16-32(17-15-31)27-29-10-4-11-30-27/h2-4,6-11,18H,5,12-17H2,1H3,(H,28,34). The number of aromatic nitrogens is 2. The zero-order chi connectivity index (χ0) is 25.1. The Bertz CT molecular complexity index is 1290. The number of fused-ring (bicyclic) bond motifs is 1. The van der Waals surface area contributed by atoms with Crippen molar-refractivity contribution in [2.45, 2.75) is 13.3 Å². The summed E-state index contributed by atoms with van der Waals surface area (Å²) >= 11 is 0. The molecular weight excluding hydrogens is 456 g/mol. The van der Waals surface area contributed by atoms with Crippen LogP contribution in [0.2, 0.25) is 0 Å². The monoisotopic (exact) mass is 484 g/mol. The molecule has 1 aromatic heterocycles. The molecular formula is C27H28N6O3. The Balaban J connectivity index is 1.12. The number of hydrogen-bond acceptors (Lipinski definition) is 7. The number of imide groups is 1. The Morgan fingerprint density at radius 2 is 1.64 bits per heavy atom. The zero-order valence-corrected chi connectivity index (χ0v) is 20.2. The molecule has 9 nitrogen and oxygen atoms in total. The van der Waals surface area contributed by atoms with Crippen molar-refractivity contribution in [2.75, 3.05) is 49.1 Å². The van der Waals surface area contributed by atoms with Gasteiger partial charge in [-0.05, 0) is 55.8 Å². The van der Waals surface area contributed by atoms with Crippen molar-refractivity contribution in [1.29, 1.82) is 0 Å². The van der Waals surface area contributed by atoms with Gasteiger partial charge >= 0.3 is 0 Å². The number of carbonyl (C=O) groups excluding carboxylic acids is 3. The van der Waals surface area contributed by atoms with Gasteiger partial charge in [-0.1, -0.05) is 18.2 Å². The number of carbonyl (C=O) groups is 3. The second kappa shape index (κ2) is 10.2. The molecule has 9 heteroatoms. The molecule has 3 aromatic rings. The summed E-state index contributed by atoms with van der Waals surface area (Å²) in [5.74, 6) is -0.256. The molecule has 0 saturated carbocycles. The van der Waals surface area contributed by atoms with Gasteiger partial charge < -0.3 is 10.2 Å². The van der Waals surface area contributed by atoms with E-state index in [9.17, 15) is 14.4 Å². The van der Waals surface area contributed by atoms with E-state index in [2.05, 4.69) is 25.1 Å². The Morgan fingerprint density at radius 1 is 0.917 bits per heavy atom. The summed E-state index contributed by atoms with van der Waals surface area (Å²) in [5.41, 5.74) is 2.35. The number of aryl methyl sites for hydroxylation is 1. The Labute approximate surface area is 209 Å². The van der Waals surface area contributed by atoms with Crippen LogP contribution in [0.3, 0.4) is 0 Å². The molecule has 1 fully saturated rings. The van der Waals surface area contributed by atoms with E-state index in [1.807, 2.05) is 25.1 Å². The van der Waals surface area contributed by atoms with Gasteiger partial charge in [-0.3, -0.25) is 19.3 Å². The minimum atomic E-state index is -0.404. The number of nitrogens with one attached hydrogen (secondary N) is 1. The largest absolute Gasteiger partial charge is 0.352 e. The predicted molar refractivity (Wildman–Crippen MR) is 136 cm³/mol. The van der Waals surface area contributed by atoms with Gasteiger partial charge in [0.1, 0.15) is 0 Å². The summed E-state index contributed by atoms with van der Waals surface area (Å²) in [5, 5.41) is 2.94. The number of benzene rings is 2. The second-order valence-electron chi connectivity index (χ2n) is 8.98. The fourth-order valence-electron chi connectivity index (χ4n) is 4.65. The van der Waals surface area contributed by atoms with Crippen molar-refractivity contribution in [3.05, 3.63) is 83.2 Å². The molecule has 2 aliphatic rings. The molecule has 3 heterocycles. The van der Waals surface area contributed by atoms with Crippen molar-refractivity contribution in [1.82, 2.24) is 20.2 Å². The van der Waals surface area contributed by atoms with E-state index in [1.54, 1.807) is 36.7 Å². The molecule has 0 spiro atoms. The molecule has 5 rings (SSSR count). The van der Waals surface area contributed by atoms with Gasteiger partial charge in [-0.2, -0.15) is 0 Å².